The molecular weight excluding hydrogens is 922 g/mol. The quantitative estimate of drug-likeness (QED) is 0.0659. The van der Waals surface area contributed by atoms with Crippen molar-refractivity contribution in [1.29, 1.82) is 0 Å². The average molecular weight is 989 g/mol. The third-order valence-electron chi connectivity index (χ3n) is 12.3. The molecule has 1 amide bonds. The predicted molar refractivity (Wildman–Crippen MR) is 292 cm³/mol. The van der Waals surface area contributed by atoms with Crippen LogP contribution in [0.25, 0.3) is 20.8 Å². The van der Waals surface area contributed by atoms with Gasteiger partial charge in [0.15, 0.2) is 0 Å². The molecule has 0 aromatic heterocycles. The number of nitrogens with zero attached hydrogens (tertiary/aromatic N) is 6. The van der Waals surface area contributed by atoms with Gasteiger partial charge in [-0.25, -0.2) is 9.56 Å². The van der Waals surface area contributed by atoms with Crippen LogP contribution < -0.4 is 58.7 Å². The predicted octanol–water partition coefficient (Wildman–Crippen LogP) is 9.65. The molecule has 0 radical (unpaired) electrons. The van der Waals surface area contributed by atoms with E-state index in [1.54, 1.807) is 30.4 Å². The standard InChI is InChI=1S/C22H29N3OS.C20H26N3S.C12H11N3S.ClH/c1-6-23(7-2)17-10-12-19-21(14-17)27-22-15-18(24(8-3)9-4)11-13-20(22)25(19)16(5)26;1-5-22(6-2)15-9-11-17-19(13-15)24-20-14-16(23(7-3)8-4)10-12-18(20)21-17;13-7-1-3-9-11(5-7)16-12-6-8(14)2-4-10(12)15-9;/h10-15H,6-9H2,1-5H3;9-14H,5-8H2,1-4H3;1-6,15H,13-14H2;1H/q;+1;;/p-1. The number of nitrogens with two attached hydrogens (primary N) is 2. The van der Waals surface area contributed by atoms with Gasteiger partial charge in [0.05, 0.1) is 43.5 Å². The monoisotopic (exact) mass is 987 g/mol. The number of rotatable bonds is 11. The van der Waals surface area contributed by atoms with Gasteiger partial charge in [0.25, 0.3) is 0 Å². The van der Waals surface area contributed by atoms with Crippen molar-refractivity contribution in [3.8, 4) is 10.6 Å². The molecular formula is C54H66ClN9OS3. The molecule has 3 heterocycles. The molecule has 9 rings (SSSR count). The minimum atomic E-state index is 0. The highest BCUT2D eigenvalue weighted by molar-refractivity contribution is 8.00. The number of hydrogen-bond acceptors (Lipinski definition) is 11. The first kappa shape index (κ1) is 51.8. The molecule has 5 aromatic carbocycles. The van der Waals surface area contributed by atoms with E-state index in [0.717, 1.165) is 117 Å². The highest BCUT2D eigenvalue weighted by Crippen LogP contribution is 2.50. The first-order valence-electron chi connectivity index (χ1n) is 23.6. The van der Waals surface area contributed by atoms with E-state index in [1.807, 2.05) is 52.6 Å². The molecule has 0 bridgehead atoms. The molecule has 0 spiro atoms. The number of fused-ring (bicyclic) bond motifs is 6. The number of halogens is 1. The van der Waals surface area contributed by atoms with Crippen LogP contribution in [0.3, 0.4) is 0 Å². The molecule has 0 unspecified atom stereocenters. The van der Waals surface area contributed by atoms with E-state index in [-0.39, 0.29) is 18.3 Å². The number of carbonyl (C=O) groups excluding carboxylic acids is 1. The Hall–Kier alpha value is -5.60. The van der Waals surface area contributed by atoms with Crippen LogP contribution in [-0.2, 0) is 4.79 Å². The largest absolute Gasteiger partial charge is 1.00 e. The molecule has 5 aromatic rings. The van der Waals surface area contributed by atoms with E-state index >= 15 is 0 Å². The lowest BCUT2D eigenvalue weighted by Crippen LogP contribution is -3.00. The van der Waals surface area contributed by atoms with Crippen LogP contribution >= 0.6 is 34.9 Å². The topological polar surface area (TPSA) is 110 Å². The van der Waals surface area contributed by atoms with Gasteiger partial charge >= 0.3 is 0 Å². The van der Waals surface area contributed by atoms with Gasteiger partial charge < -0.3 is 43.9 Å². The molecule has 0 saturated heterocycles. The highest BCUT2D eigenvalue weighted by Gasteiger charge is 2.28. The van der Waals surface area contributed by atoms with Crippen LogP contribution in [0.2, 0.25) is 0 Å². The van der Waals surface area contributed by atoms with Crippen LogP contribution in [-0.4, -0.2) is 63.2 Å². The van der Waals surface area contributed by atoms with Crippen molar-refractivity contribution in [1.82, 2.24) is 9.56 Å². The summed E-state index contributed by atoms with van der Waals surface area (Å²) >= 11 is 5.29. The number of nitrogens with one attached hydrogen (secondary N) is 1. The summed E-state index contributed by atoms with van der Waals surface area (Å²) in [5, 5.41) is 4.65. The summed E-state index contributed by atoms with van der Waals surface area (Å²) in [6.45, 7) is 27.1. The van der Waals surface area contributed by atoms with Crippen molar-refractivity contribution in [2.24, 2.45) is 0 Å². The molecule has 0 atom stereocenters. The van der Waals surface area contributed by atoms with E-state index in [1.165, 1.54) is 32.0 Å². The Morgan fingerprint density at radius 1 is 0.588 bits per heavy atom. The van der Waals surface area contributed by atoms with Crippen LogP contribution in [0.15, 0.2) is 129 Å². The van der Waals surface area contributed by atoms with Gasteiger partial charge in [-0.15, -0.1) is 11.3 Å². The number of benzene rings is 6. The third-order valence-corrected chi connectivity index (χ3v) is 15.6. The smallest absolute Gasteiger partial charge is 0.228 e. The zero-order valence-electron chi connectivity index (χ0n) is 40.9. The van der Waals surface area contributed by atoms with Gasteiger partial charge in [-0.1, -0.05) is 23.5 Å². The normalized spacial score (nSPS) is 11.8. The maximum absolute atomic E-state index is 12.5. The Balaban J connectivity index is 0.000000171. The summed E-state index contributed by atoms with van der Waals surface area (Å²) in [5.41, 5.74) is 23.1. The van der Waals surface area contributed by atoms with Crippen LogP contribution in [0, 0.1) is 0 Å². The van der Waals surface area contributed by atoms with Crippen LogP contribution in [0.5, 0.6) is 0 Å². The summed E-state index contributed by atoms with van der Waals surface area (Å²) in [7, 11) is 0. The Kier molecular flexibility index (Phi) is 18.0. The molecule has 358 valence electrons. The van der Waals surface area contributed by atoms with Gasteiger partial charge in [-0.2, -0.15) is 0 Å². The average Bonchev–Trinajstić information content (AvgIpc) is 3.33. The molecule has 14 heteroatoms. The van der Waals surface area contributed by atoms with Gasteiger partial charge in [0, 0.05) is 106 Å². The molecule has 0 fully saturated rings. The van der Waals surface area contributed by atoms with Gasteiger partial charge in [0.1, 0.15) is 13.1 Å². The maximum atomic E-state index is 12.5. The molecule has 1 aliphatic carbocycles. The second kappa shape index (κ2) is 23.6. The minimum Gasteiger partial charge on any atom is -1.00 e. The van der Waals surface area contributed by atoms with Crippen molar-refractivity contribution in [3.05, 3.63) is 115 Å². The van der Waals surface area contributed by atoms with Crippen LogP contribution in [0.4, 0.5) is 51.2 Å². The summed E-state index contributed by atoms with van der Waals surface area (Å²) in [6, 6.07) is 37.8. The first-order chi connectivity index (χ1) is 32.4. The van der Waals surface area contributed by atoms with Gasteiger partial charge in [-0.3, -0.25) is 9.69 Å². The van der Waals surface area contributed by atoms with Gasteiger partial charge in [0.2, 0.25) is 11.3 Å². The summed E-state index contributed by atoms with van der Waals surface area (Å²) in [4.78, 5) is 32.0. The third kappa shape index (κ3) is 11.5. The Labute approximate surface area is 422 Å². The molecule has 68 heavy (non-hydrogen) atoms. The Bertz CT molecular complexity index is 2780. The van der Waals surface area contributed by atoms with E-state index in [2.05, 4.69) is 153 Å². The molecule has 4 aliphatic rings. The second-order valence-electron chi connectivity index (χ2n) is 16.2. The Morgan fingerprint density at radius 3 is 1.53 bits per heavy atom. The second-order valence-corrected chi connectivity index (χ2v) is 19.5. The van der Waals surface area contributed by atoms with E-state index in [0.29, 0.717) is 0 Å². The lowest BCUT2D eigenvalue weighted by atomic mass is 10.1. The van der Waals surface area contributed by atoms with Crippen molar-refractivity contribution in [2.45, 2.75) is 81.9 Å². The lowest BCUT2D eigenvalue weighted by molar-refractivity contribution is -0.115. The van der Waals surface area contributed by atoms with Crippen LogP contribution in [0.1, 0.15) is 62.3 Å². The number of nitrogen functional groups attached to an aromatic ring is 2. The number of amides is 1. The maximum Gasteiger partial charge on any atom is 0.228 e. The molecule has 5 N–H and O–H groups in total. The number of carbonyl (C=O) groups is 1. The fourth-order valence-electron chi connectivity index (χ4n) is 8.59. The molecule has 10 nitrogen and oxygen atoms in total. The number of anilines is 9. The molecule has 0 saturated carbocycles. The van der Waals surface area contributed by atoms with Crippen molar-refractivity contribution in [3.63, 3.8) is 0 Å². The minimum absolute atomic E-state index is 0. The van der Waals surface area contributed by atoms with Gasteiger partial charge in [-0.05, 0) is 152 Å². The Morgan fingerprint density at radius 2 is 1.06 bits per heavy atom. The summed E-state index contributed by atoms with van der Waals surface area (Å²) in [6.07, 6.45) is 0. The summed E-state index contributed by atoms with van der Waals surface area (Å²) in [5.74, 6) is 0.0454. The fourth-order valence-corrected chi connectivity index (χ4v) is 11.8. The number of aromatic nitrogens is 1. The van der Waals surface area contributed by atoms with Crippen molar-refractivity contribution >= 4 is 102 Å². The van der Waals surface area contributed by atoms with E-state index in [4.69, 9.17) is 16.5 Å². The highest BCUT2D eigenvalue weighted by atomic mass is 35.5. The summed E-state index contributed by atoms with van der Waals surface area (Å²) < 4.78 is 3.63. The fraction of sp³-hybridized carbons (Fsp3) is 0.315. The van der Waals surface area contributed by atoms with Crippen molar-refractivity contribution < 1.29 is 17.2 Å². The SMILES string of the molecule is CCN(CC)c1ccc2c(c1)Sc1cc(N(CC)CC)ccc1N2C(C)=O.CCN(CC)c1ccc2nc3ccc(=[N+](CC)CC)cc-3sc2c1.Nc1ccc2c(c1)Sc1cc(N)ccc1N2.[Cl-]. The zero-order chi connectivity index (χ0) is 47.8. The van der Waals surface area contributed by atoms with Crippen molar-refractivity contribution in [2.75, 3.05) is 88.7 Å². The molecule has 3 aliphatic heterocycles. The first-order valence-corrected chi connectivity index (χ1v) is 26.1. The lowest BCUT2D eigenvalue weighted by Gasteiger charge is -2.33. The zero-order valence-corrected chi connectivity index (χ0v) is 44.1. The van der Waals surface area contributed by atoms with E-state index in [9.17, 15) is 4.79 Å². The number of hydrogen-bond donors (Lipinski definition) is 3. The van der Waals surface area contributed by atoms with E-state index < -0.39 is 0 Å².